The molecule has 0 aliphatic rings. The zero-order chi connectivity index (χ0) is 41.0. The lowest BCUT2D eigenvalue weighted by Gasteiger charge is -2.14. The molecule has 0 fully saturated rings. The van der Waals surface area contributed by atoms with Gasteiger partial charge in [-0.1, -0.05) is 170 Å². The first-order valence-corrected chi connectivity index (χ1v) is 21.0. The molecule has 5 nitrogen and oxygen atoms in total. The predicted molar refractivity (Wildman–Crippen MR) is 256 cm³/mol. The van der Waals surface area contributed by atoms with E-state index in [1.165, 1.54) is 43.6 Å². The Kier molecular flexibility index (Phi) is 8.42. The lowest BCUT2D eigenvalue weighted by molar-refractivity contribution is 1.07. The summed E-state index contributed by atoms with van der Waals surface area (Å²) in [5, 5.41) is 5.01. The Morgan fingerprint density at radius 2 is 0.677 bits per heavy atom. The van der Waals surface area contributed by atoms with Crippen LogP contribution in [0.15, 0.2) is 224 Å². The van der Waals surface area contributed by atoms with Gasteiger partial charge in [-0.15, -0.1) is 0 Å². The third kappa shape index (κ3) is 5.90. The van der Waals surface area contributed by atoms with Crippen LogP contribution in [-0.2, 0) is 0 Å². The van der Waals surface area contributed by atoms with Crippen LogP contribution < -0.4 is 0 Å². The zero-order valence-corrected chi connectivity index (χ0v) is 33.6. The number of fused-ring (bicyclic) bond motifs is 7. The Morgan fingerprint density at radius 1 is 0.258 bits per heavy atom. The lowest BCUT2D eigenvalue weighted by atomic mass is 9.94. The second-order valence-corrected chi connectivity index (χ2v) is 15.6. The first-order chi connectivity index (χ1) is 30.8. The van der Waals surface area contributed by atoms with Crippen LogP contribution in [0.4, 0.5) is 0 Å². The molecule has 12 rings (SSSR count). The molecule has 62 heavy (non-hydrogen) atoms. The number of hydrogen-bond acceptors (Lipinski definition) is 3. The van der Waals surface area contributed by atoms with Crippen LogP contribution in [-0.4, -0.2) is 24.1 Å². The number of benzene rings is 9. The Morgan fingerprint density at radius 3 is 1.21 bits per heavy atom. The van der Waals surface area contributed by atoms with E-state index in [1.54, 1.807) is 0 Å². The molecule has 3 heterocycles. The van der Waals surface area contributed by atoms with Crippen molar-refractivity contribution in [1.29, 1.82) is 0 Å². The summed E-state index contributed by atoms with van der Waals surface area (Å²) in [6.07, 6.45) is 0. The van der Waals surface area contributed by atoms with E-state index >= 15 is 0 Å². The summed E-state index contributed by atoms with van der Waals surface area (Å²) in [4.78, 5) is 15.3. The molecule has 0 saturated heterocycles. The van der Waals surface area contributed by atoms with Gasteiger partial charge in [0.05, 0.1) is 22.1 Å². The van der Waals surface area contributed by atoms with Gasteiger partial charge in [0, 0.05) is 49.6 Å². The molecule has 9 aromatic carbocycles. The molecular weight excluding hydrogens is 755 g/mol. The molecule has 12 aromatic rings. The van der Waals surface area contributed by atoms with Gasteiger partial charge in [-0.25, -0.2) is 15.0 Å². The van der Waals surface area contributed by atoms with Crippen LogP contribution in [0, 0.1) is 0 Å². The Hall–Kier alpha value is -8.41. The summed E-state index contributed by atoms with van der Waals surface area (Å²) in [7, 11) is 0. The largest absolute Gasteiger partial charge is 0.309 e. The molecule has 0 spiro atoms. The summed E-state index contributed by atoms with van der Waals surface area (Å²) in [6, 6.07) is 79.2. The van der Waals surface area contributed by atoms with E-state index in [0.717, 1.165) is 50.3 Å². The number of nitrogens with zero attached hydrogens (tertiary/aromatic N) is 5. The first-order valence-electron chi connectivity index (χ1n) is 21.0. The number of para-hydroxylation sites is 3. The van der Waals surface area contributed by atoms with Crippen molar-refractivity contribution in [3.8, 4) is 67.8 Å². The Bertz CT molecular complexity index is 3540. The van der Waals surface area contributed by atoms with Gasteiger partial charge in [0.1, 0.15) is 0 Å². The third-order valence-electron chi connectivity index (χ3n) is 12.0. The average Bonchev–Trinajstić information content (AvgIpc) is 3.88. The number of rotatable bonds is 7. The monoisotopic (exact) mass is 791 g/mol. The van der Waals surface area contributed by atoms with Crippen LogP contribution in [0.3, 0.4) is 0 Å². The maximum atomic E-state index is 5.16. The molecule has 0 N–H and O–H groups in total. The van der Waals surface area contributed by atoms with Crippen molar-refractivity contribution in [2.45, 2.75) is 0 Å². The highest BCUT2D eigenvalue weighted by molar-refractivity contribution is 6.28. The summed E-state index contributed by atoms with van der Waals surface area (Å²) < 4.78 is 4.80. The molecule has 5 heteroatoms. The quantitative estimate of drug-likeness (QED) is 0.162. The molecule has 3 aromatic heterocycles. The SMILES string of the molecule is c1ccc(-c2nc(-c3ccccc3)nc(-c3cc(-c4ccc(-n5c6ccccc6c6c7c8ccccc8n(-c8ccccc8)c7ccc65)cc4)ccc3-c3ccccc3)n2)cc1. The Balaban J connectivity index is 1.02. The van der Waals surface area contributed by atoms with Crippen molar-refractivity contribution in [3.63, 3.8) is 0 Å². The zero-order valence-electron chi connectivity index (χ0n) is 33.6. The van der Waals surface area contributed by atoms with E-state index in [-0.39, 0.29) is 0 Å². The molecule has 0 unspecified atom stereocenters. The average molecular weight is 792 g/mol. The third-order valence-corrected chi connectivity index (χ3v) is 12.0. The van der Waals surface area contributed by atoms with Crippen molar-refractivity contribution in [2.75, 3.05) is 0 Å². The highest BCUT2D eigenvalue weighted by Gasteiger charge is 2.21. The van der Waals surface area contributed by atoms with Crippen molar-refractivity contribution >= 4 is 43.6 Å². The van der Waals surface area contributed by atoms with Gasteiger partial charge in [-0.05, 0) is 76.9 Å². The number of hydrogen-bond donors (Lipinski definition) is 0. The van der Waals surface area contributed by atoms with Crippen molar-refractivity contribution in [3.05, 3.63) is 224 Å². The van der Waals surface area contributed by atoms with Gasteiger partial charge in [0.25, 0.3) is 0 Å². The van der Waals surface area contributed by atoms with E-state index in [9.17, 15) is 0 Å². The van der Waals surface area contributed by atoms with E-state index in [0.29, 0.717) is 17.5 Å². The fraction of sp³-hybridized carbons (Fsp3) is 0. The fourth-order valence-corrected chi connectivity index (χ4v) is 9.16. The Labute approximate surface area is 358 Å². The lowest BCUT2D eigenvalue weighted by Crippen LogP contribution is -2.01. The van der Waals surface area contributed by atoms with Gasteiger partial charge < -0.3 is 9.13 Å². The number of aromatic nitrogens is 5. The highest BCUT2D eigenvalue weighted by Crippen LogP contribution is 2.43. The normalized spacial score (nSPS) is 11.5. The van der Waals surface area contributed by atoms with Gasteiger partial charge >= 0.3 is 0 Å². The summed E-state index contributed by atoms with van der Waals surface area (Å²) in [5.41, 5.74) is 14.1. The molecule has 0 atom stereocenters. The highest BCUT2D eigenvalue weighted by atomic mass is 15.0. The van der Waals surface area contributed by atoms with E-state index in [1.807, 2.05) is 66.7 Å². The maximum absolute atomic E-state index is 5.16. The van der Waals surface area contributed by atoms with Crippen LogP contribution >= 0.6 is 0 Å². The van der Waals surface area contributed by atoms with Gasteiger partial charge in [-0.2, -0.15) is 0 Å². The molecule has 290 valence electrons. The van der Waals surface area contributed by atoms with Crippen molar-refractivity contribution < 1.29 is 0 Å². The minimum absolute atomic E-state index is 0.625. The van der Waals surface area contributed by atoms with Crippen molar-refractivity contribution in [2.24, 2.45) is 0 Å². The smallest absolute Gasteiger partial charge is 0.164 e. The summed E-state index contributed by atoms with van der Waals surface area (Å²) in [6.45, 7) is 0. The van der Waals surface area contributed by atoms with Crippen molar-refractivity contribution in [1.82, 2.24) is 24.1 Å². The van der Waals surface area contributed by atoms with Gasteiger partial charge in [0.2, 0.25) is 0 Å². The maximum Gasteiger partial charge on any atom is 0.164 e. The second kappa shape index (κ2) is 14.7. The molecule has 0 saturated carbocycles. The van der Waals surface area contributed by atoms with E-state index < -0.39 is 0 Å². The molecular formula is C57H37N5. The van der Waals surface area contributed by atoms with Crippen LogP contribution in [0.5, 0.6) is 0 Å². The van der Waals surface area contributed by atoms with E-state index in [2.05, 4.69) is 167 Å². The fourth-order valence-electron chi connectivity index (χ4n) is 9.16. The minimum atomic E-state index is 0.625. The minimum Gasteiger partial charge on any atom is -0.309 e. The van der Waals surface area contributed by atoms with E-state index in [4.69, 9.17) is 15.0 Å². The topological polar surface area (TPSA) is 48.5 Å². The summed E-state index contributed by atoms with van der Waals surface area (Å²) >= 11 is 0. The summed E-state index contributed by atoms with van der Waals surface area (Å²) in [5.74, 6) is 1.90. The molecule has 0 amide bonds. The standard InChI is InChI=1S/C57H37N5/c1-5-17-39(18-6-1)45-34-31-42(37-48(45)57-59-55(40-19-7-2-8-20-40)58-56(60-57)41-21-9-3-10-22-41)38-29-32-44(33-30-38)62-50-28-16-14-26-47(50)54-52(62)36-35-51-53(54)46-25-13-15-27-49(46)61(51)43-23-11-4-12-24-43/h1-37H. The van der Waals surface area contributed by atoms with Crippen LogP contribution in [0.1, 0.15) is 0 Å². The second-order valence-electron chi connectivity index (χ2n) is 15.6. The van der Waals surface area contributed by atoms with Crippen LogP contribution in [0.2, 0.25) is 0 Å². The molecule has 0 aliphatic carbocycles. The first kappa shape index (κ1) is 35.5. The van der Waals surface area contributed by atoms with Gasteiger partial charge in [0.15, 0.2) is 17.5 Å². The predicted octanol–water partition coefficient (Wildman–Crippen LogP) is 14.4. The van der Waals surface area contributed by atoms with Crippen LogP contribution in [0.25, 0.3) is 111 Å². The molecule has 0 radical (unpaired) electrons. The molecule has 0 aliphatic heterocycles. The van der Waals surface area contributed by atoms with Gasteiger partial charge in [-0.3, -0.25) is 0 Å². The molecule has 0 bridgehead atoms.